The molecule has 0 N–H and O–H groups in total. The molecule has 0 spiro atoms. The Hall–Kier alpha value is -0.940. The van der Waals surface area contributed by atoms with Crippen molar-refractivity contribution in [1.82, 2.24) is 9.80 Å². The Morgan fingerprint density at radius 2 is 0.958 bits per heavy atom. The Morgan fingerprint density at radius 1 is 0.625 bits per heavy atom. The number of nitrogens with zero attached hydrogens (tertiary/aromatic N) is 2. The van der Waals surface area contributed by atoms with Crippen molar-refractivity contribution >= 4 is 21.6 Å². The topological polar surface area (TPSA) is 6.48 Å². The molecule has 0 saturated carbocycles. The minimum Gasteiger partial charge on any atom is -0.302 e. The second kappa shape index (κ2) is 10.1. The van der Waals surface area contributed by atoms with E-state index in [-0.39, 0.29) is 0 Å². The van der Waals surface area contributed by atoms with Crippen LogP contribution in [-0.4, -0.2) is 37.0 Å². The SMILES string of the molecule is CCN(C)Cc1ccc(SSc2ccc(CN(C)CC)cc2)cc1. The first-order chi connectivity index (χ1) is 11.6. The lowest BCUT2D eigenvalue weighted by Gasteiger charge is -2.14. The molecule has 0 aliphatic heterocycles. The largest absolute Gasteiger partial charge is 0.302 e. The lowest BCUT2D eigenvalue weighted by atomic mass is 10.2. The van der Waals surface area contributed by atoms with Crippen LogP contribution in [0.2, 0.25) is 0 Å². The molecular weight excluding hydrogens is 332 g/mol. The van der Waals surface area contributed by atoms with Crippen molar-refractivity contribution in [3.05, 3.63) is 59.7 Å². The van der Waals surface area contributed by atoms with Gasteiger partial charge in [-0.3, -0.25) is 0 Å². The lowest BCUT2D eigenvalue weighted by Crippen LogP contribution is -2.16. The van der Waals surface area contributed by atoms with Crippen molar-refractivity contribution in [2.24, 2.45) is 0 Å². The van der Waals surface area contributed by atoms with Gasteiger partial charge in [0.1, 0.15) is 0 Å². The third-order valence-electron chi connectivity index (χ3n) is 4.07. The zero-order valence-corrected chi connectivity index (χ0v) is 16.8. The monoisotopic (exact) mass is 360 g/mol. The number of hydrogen-bond donors (Lipinski definition) is 0. The van der Waals surface area contributed by atoms with Crippen molar-refractivity contribution in [3.8, 4) is 0 Å². The first-order valence-electron chi connectivity index (χ1n) is 8.50. The molecule has 0 aromatic heterocycles. The van der Waals surface area contributed by atoms with E-state index < -0.39 is 0 Å². The summed E-state index contributed by atoms with van der Waals surface area (Å²) in [4.78, 5) is 7.23. The highest BCUT2D eigenvalue weighted by Gasteiger charge is 2.02. The maximum absolute atomic E-state index is 2.31. The maximum Gasteiger partial charge on any atom is 0.0230 e. The highest BCUT2D eigenvalue weighted by atomic mass is 33.1. The number of hydrogen-bond acceptors (Lipinski definition) is 4. The van der Waals surface area contributed by atoms with Crippen LogP contribution in [-0.2, 0) is 13.1 Å². The van der Waals surface area contributed by atoms with Crippen molar-refractivity contribution in [2.45, 2.75) is 36.7 Å². The van der Waals surface area contributed by atoms with Gasteiger partial charge >= 0.3 is 0 Å². The third kappa shape index (κ3) is 6.52. The Morgan fingerprint density at radius 3 is 1.25 bits per heavy atom. The molecule has 0 radical (unpaired) electrons. The smallest absolute Gasteiger partial charge is 0.0230 e. The van der Waals surface area contributed by atoms with E-state index in [4.69, 9.17) is 0 Å². The molecule has 0 heterocycles. The van der Waals surface area contributed by atoms with Gasteiger partial charge in [-0.2, -0.15) is 0 Å². The summed E-state index contributed by atoms with van der Waals surface area (Å²) in [7, 11) is 7.95. The van der Waals surface area contributed by atoms with E-state index in [0.29, 0.717) is 0 Å². The van der Waals surface area contributed by atoms with Crippen LogP contribution < -0.4 is 0 Å². The summed E-state index contributed by atoms with van der Waals surface area (Å²) in [6, 6.07) is 17.8. The lowest BCUT2D eigenvalue weighted by molar-refractivity contribution is 0.345. The molecule has 0 unspecified atom stereocenters. The van der Waals surface area contributed by atoms with Gasteiger partial charge in [0.25, 0.3) is 0 Å². The summed E-state index contributed by atoms with van der Waals surface area (Å²) in [5.74, 6) is 0. The van der Waals surface area contributed by atoms with E-state index in [1.54, 1.807) is 0 Å². The fourth-order valence-corrected chi connectivity index (χ4v) is 4.17. The molecule has 0 aliphatic rings. The van der Waals surface area contributed by atoms with Crippen LogP contribution in [0.3, 0.4) is 0 Å². The van der Waals surface area contributed by atoms with Gasteiger partial charge in [0.05, 0.1) is 0 Å². The Balaban J connectivity index is 1.84. The second-order valence-corrected chi connectivity index (χ2v) is 8.39. The molecule has 0 saturated heterocycles. The Labute approximate surface area is 155 Å². The molecular formula is C20H28N2S2. The van der Waals surface area contributed by atoms with Gasteiger partial charge in [0.15, 0.2) is 0 Å². The molecule has 0 fully saturated rings. The molecule has 0 bridgehead atoms. The normalized spacial score (nSPS) is 11.4. The standard InChI is InChI=1S/C20H28N2S2/c1-5-21(3)15-17-7-11-19(12-8-17)23-24-20-13-9-18(10-14-20)16-22(4)6-2/h7-14H,5-6,15-16H2,1-4H3. The third-order valence-corrected chi connectivity index (χ3v) is 6.48. The highest BCUT2D eigenvalue weighted by Crippen LogP contribution is 2.37. The molecule has 130 valence electrons. The van der Waals surface area contributed by atoms with Crippen molar-refractivity contribution in [3.63, 3.8) is 0 Å². The van der Waals surface area contributed by atoms with Crippen LogP contribution in [0.15, 0.2) is 58.3 Å². The first kappa shape index (κ1) is 19.4. The van der Waals surface area contributed by atoms with E-state index in [1.165, 1.54) is 20.9 Å². The zero-order valence-electron chi connectivity index (χ0n) is 15.2. The molecule has 0 atom stereocenters. The van der Waals surface area contributed by atoms with Gasteiger partial charge in [-0.05, 0) is 62.6 Å². The molecule has 2 aromatic carbocycles. The molecule has 2 rings (SSSR count). The quantitative estimate of drug-likeness (QED) is 0.553. The van der Waals surface area contributed by atoms with Crippen molar-refractivity contribution < 1.29 is 0 Å². The fraction of sp³-hybridized carbons (Fsp3) is 0.400. The minimum atomic E-state index is 1.02. The average Bonchev–Trinajstić information content (AvgIpc) is 2.62. The summed E-state index contributed by atoms with van der Waals surface area (Å²) in [5.41, 5.74) is 2.75. The molecule has 0 amide bonds. The van der Waals surface area contributed by atoms with Gasteiger partial charge < -0.3 is 9.80 Å². The van der Waals surface area contributed by atoms with Crippen LogP contribution in [0.1, 0.15) is 25.0 Å². The van der Waals surface area contributed by atoms with Crippen molar-refractivity contribution in [2.75, 3.05) is 27.2 Å². The Bertz CT molecular complexity index is 541. The predicted octanol–water partition coefficient (Wildman–Crippen LogP) is 5.39. The Kier molecular flexibility index (Phi) is 8.19. The molecule has 0 aliphatic carbocycles. The summed E-state index contributed by atoms with van der Waals surface area (Å²) < 4.78 is 0. The van der Waals surface area contributed by atoms with Gasteiger partial charge in [-0.25, -0.2) is 0 Å². The molecule has 4 heteroatoms. The van der Waals surface area contributed by atoms with Crippen LogP contribution in [0, 0.1) is 0 Å². The van der Waals surface area contributed by atoms with E-state index in [1.807, 2.05) is 21.6 Å². The summed E-state index contributed by atoms with van der Waals surface area (Å²) >= 11 is 0. The minimum absolute atomic E-state index is 1.02. The van der Waals surface area contributed by atoms with Gasteiger partial charge in [-0.1, -0.05) is 59.7 Å². The summed E-state index contributed by atoms with van der Waals surface area (Å²) in [6.07, 6.45) is 0. The second-order valence-electron chi connectivity index (χ2n) is 6.12. The highest BCUT2D eigenvalue weighted by molar-refractivity contribution is 8.76. The van der Waals surface area contributed by atoms with E-state index >= 15 is 0 Å². The van der Waals surface area contributed by atoms with Crippen LogP contribution >= 0.6 is 21.6 Å². The average molecular weight is 361 g/mol. The van der Waals surface area contributed by atoms with Crippen LogP contribution in [0.4, 0.5) is 0 Å². The van der Waals surface area contributed by atoms with Gasteiger partial charge in [-0.15, -0.1) is 0 Å². The zero-order chi connectivity index (χ0) is 17.4. The maximum atomic E-state index is 2.31. The van der Waals surface area contributed by atoms with Crippen LogP contribution in [0.5, 0.6) is 0 Å². The van der Waals surface area contributed by atoms with E-state index in [0.717, 1.165) is 26.2 Å². The predicted molar refractivity (Wildman–Crippen MR) is 109 cm³/mol. The summed E-state index contributed by atoms with van der Waals surface area (Å²) in [5, 5.41) is 0. The molecule has 2 aromatic rings. The number of rotatable bonds is 9. The molecule has 24 heavy (non-hydrogen) atoms. The van der Waals surface area contributed by atoms with E-state index in [9.17, 15) is 0 Å². The van der Waals surface area contributed by atoms with E-state index in [2.05, 4.69) is 86.3 Å². The van der Waals surface area contributed by atoms with Crippen LogP contribution in [0.25, 0.3) is 0 Å². The fourth-order valence-electron chi connectivity index (χ4n) is 2.24. The first-order valence-corrected chi connectivity index (χ1v) is 10.6. The van der Waals surface area contributed by atoms with Crippen molar-refractivity contribution in [1.29, 1.82) is 0 Å². The van der Waals surface area contributed by atoms with Gasteiger partial charge in [0.2, 0.25) is 0 Å². The van der Waals surface area contributed by atoms with Gasteiger partial charge in [0, 0.05) is 22.9 Å². The molecule has 2 nitrogen and oxygen atoms in total. The summed E-state index contributed by atoms with van der Waals surface area (Å²) in [6.45, 7) is 8.57. The number of benzene rings is 2.